The molecule has 96 valence electrons. The van der Waals surface area contributed by atoms with Crippen LogP contribution in [0.3, 0.4) is 0 Å². The number of para-hydroxylation sites is 1. The van der Waals surface area contributed by atoms with E-state index in [1.165, 1.54) is 6.07 Å². The quantitative estimate of drug-likeness (QED) is 0.587. The van der Waals surface area contributed by atoms with Crippen LogP contribution in [0, 0.1) is 10.1 Å². The lowest BCUT2D eigenvalue weighted by Crippen LogP contribution is -2.39. The Morgan fingerprint density at radius 3 is 2.72 bits per heavy atom. The molecule has 0 aromatic heterocycles. The molecule has 1 aromatic carbocycles. The predicted molar refractivity (Wildman–Crippen MR) is 64.4 cm³/mol. The van der Waals surface area contributed by atoms with E-state index in [0.29, 0.717) is 5.56 Å². The van der Waals surface area contributed by atoms with Gasteiger partial charge in [-0.15, -0.1) is 0 Å². The Bertz CT molecular complexity index is 471. The van der Waals surface area contributed by atoms with Crippen molar-refractivity contribution in [3.8, 4) is 0 Å². The zero-order valence-corrected chi connectivity index (χ0v) is 9.70. The normalized spacial score (nSPS) is 16.2. The van der Waals surface area contributed by atoms with Gasteiger partial charge in [0.15, 0.2) is 0 Å². The number of benzene rings is 1. The van der Waals surface area contributed by atoms with E-state index in [1.807, 2.05) is 0 Å². The molecule has 6 nitrogen and oxygen atoms in total. The molecule has 1 saturated carbocycles. The maximum atomic E-state index is 11.1. The average molecular weight is 250 g/mol. The summed E-state index contributed by atoms with van der Waals surface area (Å²) in [5.41, 5.74) is 0.421. The van der Waals surface area contributed by atoms with E-state index >= 15 is 0 Å². The van der Waals surface area contributed by atoms with Crippen molar-refractivity contribution >= 4 is 11.7 Å². The van der Waals surface area contributed by atoms with Crippen LogP contribution >= 0.6 is 0 Å². The van der Waals surface area contributed by atoms with Crippen LogP contribution in [0.4, 0.5) is 5.69 Å². The van der Waals surface area contributed by atoms with Gasteiger partial charge in [0.05, 0.1) is 4.92 Å². The van der Waals surface area contributed by atoms with Gasteiger partial charge in [-0.25, -0.2) is 0 Å². The molecule has 6 heteroatoms. The van der Waals surface area contributed by atoms with Gasteiger partial charge >= 0.3 is 5.97 Å². The molecule has 0 aliphatic heterocycles. The predicted octanol–water partition coefficient (Wildman–Crippen LogP) is 1.34. The van der Waals surface area contributed by atoms with Crippen molar-refractivity contribution in [1.82, 2.24) is 5.32 Å². The second kappa shape index (κ2) is 5.14. The SMILES string of the molecule is O=C(O)C(Cc1ccccc1[N+](=O)[O-])NC1CC1. The van der Waals surface area contributed by atoms with E-state index in [9.17, 15) is 14.9 Å². The van der Waals surface area contributed by atoms with Crippen molar-refractivity contribution in [2.45, 2.75) is 31.3 Å². The van der Waals surface area contributed by atoms with Gasteiger partial charge in [-0.05, 0) is 12.8 Å². The summed E-state index contributed by atoms with van der Waals surface area (Å²) in [5.74, 6) is -0.972. The molecule has 1 aliphatic rings. The number of carboxylic acid groups (broad SMARTS) is 1. The molecular weight excluding hydrogens is 236 g/mol. The minimum atomic E-state index is -0.972. The minimum absolute atomic E-state index is 0.0265. The molecule has 1 unspecified atom stereocenters. The van der Waals surface area contributed by atoms with Crippen LogP contribution in [0.15, 0.2) is 24.3 Å². The number of carbonyl (C=O) groups is 1. The zero-order valence-electron chi connectivity index (χ0n) is 9.70. The Labute approximate surface area is 104 Å². The summed E-state index contributed by atoms with van der Waals surface area (Å²) in [6.07, 6.45) is 2.07. The van der Waals surface area contributed by atoms with Crippen molar-refractivity contribution in [2.75, 3.05) is 0 Å². The number of hydrogen-bond donors (Lipinski definition) is 2. The Balaban J connectivity index is 2.14. The summed E-state index contributed by atoms with van der Waals surface area (Å²) in [5, 5.41) is 22.9. The second-order valence-corrected chi connectivity index (χ2v) is 4.42. The van der Waals surface area contributed by atoms with Crippen molar-refractivity contribution < 1.29 is 14.8 Å². The fourth-order valence-electron chi connectivity index (χ4n) is 1.83. The lowest BCUT2D eigenvalue weighted by Gasteiger charge is -2.13. The Morgan fingerprint density at radius 2 is 2.17 bits per heavy atom. The van der Waals surface area contributed by atoms with E-state index in [2.05, 4.69) is 5.32 Å². The minimum Gasteiger partial charge on any atom is -0.480 e. The van der Waals surface area contributed by atoms with Gasteiger partial charge in [-0.3, -0.25) is 14.9 Å². The molecule has 1 aliphatic carbocycles. The van der Waals surface area contributed by atoms with Crippen molar-refractivity contribution in [2.24, 2.45) is 0 Å². The molecule has 0 heterocycles. The maximum Gasteiger partial charge on any atom is 0.321 e. The summed E-state index contributed by atoms with van der Waals surface area (Å²) in [6.45, 7) is 0. The summed E-state index contributed by atoms with van der Waals surface area (Å²) < 4.78 is 0. The van der Waals surface area contributed by atoms with Gasteiger partial charge in [-0.2, -0.15) is 0 Å². The number of aliphatic carboxylic acids is 1. The monoisotopic (exact) mass is 250 g/mol. The maximum absolute atomic E-state index is 11.1. The van der Waals surface area contributed by atoms with Crippen LogP contribution in [0.2, 0.25) is 0 Å². The smallest absolute Gasteiger partial charge is 0.321 e. The first kappa shape index (κ1) is 12.5. The molecule has 1 fully saturated rings. The molecule has 0 radical (unpaired) electrons. The molecule has 1 aromatic rings. The van der Waals surface area contributed by atoms with E-state index in [0.717, 1.165) is 12.8 Å². The summed E-state index contributed by atoms with van der Waals surface area (Å²) in [6, 6.07) is 5.73. The van der Waals surface area contributed by atoms with E-state index in [-0.39, 0.29) is 18.2 Å². The lowest BCUT2D eigenvalue weighted by molar-refractivity contribution is -0.385. The molecule has 2 N–H and O–H groups in total. The number of hydrogen-bond acceptors (Lipinski definition) is 4. The molecule has 0 saturated heterocycles. The topological polar surface area (TPSA) is 92.5 Å². The van der Waals surface area contributed by atoms with Crippen LogP contribution in [0.5, 0.6) is 0 Å². The van der Waals surface area contributed by atoms with Crippen LogP contribution < -0.4 is 5.32 Å². The third-order valence-corrected chi connectivity index (χ3v) is 2.92. The third kappa shape index (κ3) is 3.04. The van der Waals surface area contributed by atoms with Crippen LogP contribution in [-0.2, 0) is 11.2 Å². The number of nitro groups is 1. The Hall–Kier alpha value is -1.95. The highest BCUT2D eigenvalue weighted by molar-refractivity contribution is 5.74. The average Bonchev–Trinajstić information content (AvgIpc) is 3.12. The second-order valence-electron chi connectivity index (χ2n) is 4.42. The van der Waals surface area contributed by atoms with Gasteiger partial charge in [-0.1, -0.05) is 18.2 Å². The fourth-order valence-corrected chi connectivity index (χ4v) is 1.83. The Morgan fingerprint density at radius 1 is 1.50 bits per heavy atom. The molecule has 2 rings (SSSR count). The van der Waals surface area contributed by atoms with Crippen molar-refractivity contribution in [1.29, 1.82) is 0 Å². The third-order valence-electron chi connectivity index (χ3n) is 2.92. The van der Waals surface area contributed by atoms with Gasteiger partial charge in [0.1, 0.15) is 6.04 Å². The number of nitrogens with zero attached hydrogens (tertiary/aromatic N) is 1. The van der Waals surface area contributed by atoms with E-state index < -0.39 is 16.9 Å². The first-order valence-electron chi connectivity index (χ1n) is 5.79. The summed E-state index contributed by atoms with van der Waals surface area (Å²) in [7, 11) is 0. The summed E-state index contributed by atoms with van der Waals surface area (Å²) in [4.78, 5) is 21.5. The molecule has 0 bridgehead atoms. The first-order chi connectivity index (χ1) is 8.58. The molecule has 1 atom stereocenters. The number of nitro benzene ring substituents is 1. The largest absolute Gasteiger partial charge is 0.480 e. The zero-order chi connectivity index (χ0) is 13.1. The molecule has 18 heavy (non-hydrogen) atoms. The van der Waals surface area contributed by atoms with E-state index in [4.69, 9.17) is 5.11 Å². The van der Waals surface area contributed by atoms with Crippen molar-refractivity contribution in [3.05, 3.63) is 39.9 Å². The summed E-state index contributed by atoms with van der Waals surface area (Å²) >= 11 is 0. The number of rotatable bonds is 6. The van der Waals surface area contributed by atoms with Crippen molar-refractivity contribution in [3.63, 3.8) is 0 Å². The van der Waals surface area contributed by atoms with Crippen LogP contribution in [-0.4, -0.2) is 28.1 Å². The van der Waals surface area contributed by atoms with Crippen LogP contribution in [0.1, 0.15) is 18.4 Å². The lowest BCUT2D eigenvalue weighted by atomic mass is 10.0. The molecular formula is C12H14N2O4. The number of nitrogens with one attached hydrogen (secondary N) is 1. The Kier molecular flexibility index (Phi) is 3.57. The van der Waals surface area contributed by atoms with Gasteiger partial charge in [0.2, 0.25) is 0 Å². The molecule has 0 amide bonds. The van der Waals surface area contributed by atoms with Gasteiger partial charge in [0, 0.05) is 24.1 Å². The number of carboxylic acids is 1. The van der Waals surface area contributed by atoms with Gasteiger partial charge in [0.25, 0.3) is 5.69 Å². The van der Waals surface area contributed by atoms with E-state index in [1.54, 1.807) is 18.2 Å². The van der Waals surface area contributed by atoms with Crippen LogP contribution in [0.25, 0.3) is 0 Å². The van der Waals surface area contributed by atoms with Gasteiger partial charge < -0.3 is 10.4 Å². The standard InChI is InChI=1S/C12H14N2O4/c15-12(16)10(13-9-5-6-9)7-8-3-1-2-4-11(8)14(17)18/h1-4,9-10,13H,5-7H2,(H,15,16). The highest BCUT2D eigenvalue weighted by atomic mass is 16.6. The first-order valence-corrected chi connectivity index (χ1v) is 5.79. The highest BCUT2D eigenvalue weighted by Crippen LogP contribution is 2.23. The highest BCUT2D eigenvalue weighted by Gasteiger charge is 2.29. The fraction of sp³-hybridized carbons (Fsp3) is 0.417. The molecule has 0 spiro atoms.